The number of carboxylic acid groups (broad SMARTS) is 1. The summed E-state index contributed by atoms with van der Waals surface area (Å²) in [4.78, 5) is 12.1. The predicted octanol–water partition coefficient (Wildman–Crippen LogP) is 4.02. The van der Waals surface area contributed by atoms with Crippen molar-refractivity contribution in [2.24, 2.45) is 0 Å². The molecule has 1 aromatic carbocycles. The minimum absolute atomic E-state index is 0.349. The Bertz CT molecular complexity index is 580. The maximum Gasteiger partial charge on any atom is 0.345 e. The summed E-state index contributed by atoms with van der Waals surface area (Å²) in [5, 5.41) is 12.7. The minimum Gasteiger partial charge on any atom is -0.477 e. The Balaban J connectivity index is 2.06. The van der Waals surface area contributed by atoms with Gasteiger partial charge in [-0.3, -0.25) is 0 Å². The van der Waals surface area contributed by atoms with Crippen molar-refractivity contribution in [3.05, 3.63) is 50.7 Å². The lowest BCUT2D eigenvalue weighted by Crippen LogP contribution is -1.98. The molecule has 94 valence electrons. The van der Waals surface area contributed by atoms with Crippen LogP contribution < -0.4 is 5.32 Å². The second-order valence-corrected chi connectivity index (χ2v) is 5.48. The minimum atomic E-state index is -0.889. The van der Waals surface area contributed by atoms with E-state index >= 15 is 0 Å². The maximum absolute atomic E-state index is 10.8. The van der Waals surface area contributed by atoms with Crippen LogP contribution in [-0.4, -0.2) is 11.1 Å². The topological polar surface area (TPSA) is 49.3 Å². The van der Waals surface area contributed by atoms with Crippen LogP contribution in [-0.2, 0) is 6.54 Å². The fourth-order valence-electron chi connectivity index (χ4n) is 1.54. The molecule has 0 aliphatic carbocycles. The molecule has 0 fully saturated rings. The molecule has 2 aromatic rings. The summed E-state index contributed by atoms with van der Waals surface area (Å²) < 4.78 is 0. The molecule has 2 N–H and O–H groups in total. The van der Waals surface area contributed by atoms with Gasteiger partial charge in [-0.05, 0) is 36.8 Å². The highest BCUT2D eigenvalue weighted by molar-refractivity contribution is 7.13. The molecular weight excluding hydrogens is 270 g/mol. The standard InChI is InChI=1S/C13H12ClNO2S/c1-8-2-4-10(14)11(6-8)15-7-9-3-5-12(18-9)13(16)17/h2-6,15H,7H2,1H3,(H,16,17). The number of nitrogens with one attached hydrogen (secondary N) is 1. The van der Waals surface area contributed by atoms with Crippen LogP contribution in [0.3, 0.4) is 0 Å². The number of thiophene rings is 1. The lowest BCUT2D eigenvalue weighted by atomic mass is 10.2. The molecule has 0 saturated carbocycles. The van der Waals surface area contributed by atoms with E-state index in [1.54, 1.807) is 6.07 Å². The van der Waals surface area contributed by atoms with E-state index in [0.29, 0.717) is 16.4 Å². The van der Waals surface area contributed by atoms with Gasteiger partial charge in [0.1, 0.15) is 4.88 Å². The van der Waals surface area contributed by atoms with Crippen molar-refractivity contribution in [1.82, 2.24) is 0 Å². The summed E-state index contributed by atoms with van der Waals surface area (Å²) in [5.41, 5.74) is 1.99. The molecule has 3 nitrogen and oxygen atoms in total. The van der Waals surface area contributed by atoms with Gasteiger partial charge in [0.15, 0.2) is 0 Å². The van der Waals surface area contributed by atoms with Crippen molar-refractivity contribution in [3.8, 4) is 0 Å². The summed E-state index contributed by atoms with van der Waals surface area (Å²) in [5.74, 6) is -0.889. The van der Waals surface area contributed by atoms with Crippen molar-refractivity contribution in [2.45, 2.75) is 13.5 Å². The van der Waals surface area contributed by atoms with Crippen LogP contribution in [0.15, 0.2) is 30.3 Å². The lowest BCUT2D eigenvalue weighted by Gasteiger charge is -2.07. The molecule has 0 amide bonds. The highest BCUT2D eigenvalue weighted by Gasteiger charge is 2.07. The molecular formula is C13H12ClNO2S. The second kappa shape index (κ2) is 5.42. The summed E-state index contributed by atoms with van der Waals surface area (Å²) in [7, 11) is 0. The van der Waals surface area contributed by atoms with Gasteiger partial charge in [-0.1, -0.05) is 17.7 Å². The first-order valence-electron chi connectivity index (χ1n) is 5.38. The number of aryl methyl sites for hydroxylation is 1. The summed E-state index contributed by atoms with van der Waals surface area (Å²) in [6, 6.07) is 9.18. The maximum atomic E-state index is 10.8. The number of anilines is 1. The van der Waals surface area contributed by atoms with Crippen molar-refractivity contribution < 1.29 is 9.90 Å². The first-order chi connectivity index (χ1) is 8.56. The zero-order chi connectivity index (χ0) is 13.1. The number of hydrogen-bond acceptors (Lipinski definition) is 3. The fourth-order valence-corrected chi connectivity index (χ4v) is 2.52. The third-order valence-corrected chi connectivity index (χ3v) is 3.85. The molecule has 0 bridgehead atoms. The lowest BCUT2D eigenvalue weighted by molar-refractivity contribution is 0.0702. The molecule has 18 heavy (non-hydrogen) atoms. The van der Waals surface area contributed by atoms with Crippen molar-refractivity contribution in [2.75, 3.05) is 5.32 Å². The van der Waals surface area contributed by atoms with Crippen LogP contribution in [0.25, 0.3) is 0 Å². The van der Waals surface area contributed by atoms with Crippen LogP contribution >= 0.6 is 22.9 Å². The van der Waals surface area contributed by atoms with E-state index < -0.39 is 5.97 Å². The average molecular weight is 282 g/mol. The summed E-state index contributed by atoms with van der Waals surface area (Å²) in [6.07, 6.45) is 0. The van der Waals surface area contributed by atoms with Gasteiger partial charge in [0.05, 0.1) is 10.7 Å². The van der Waals surface area contributed by atoms with Crippen LogP contribution in [0.1, 0.15) is 20.1 Å². The molecule has 0 aliphatic rings. The Morgan fingerprint density at radius 2 is 2.17 bits per heavy atom. The van der Waals surface area contributed by atoms with Gasteiger partial charge in [0, 0.05) is 11.4 Å². The highest BCUT2D eigenvalue weighted by Crippen LogP contribution is 2.24. The van der Waals surface area contributed by atoms with E-state index in [1.807, 2.05) is 31.2 Å². The Labute approximate surface area is 114 Å². The van der Waals surface area contributed by atoms with E-state index in [9.17, 15) is 4.79 Å². The van der Waals surface area contributed by atoms with Gasteiger partial charge in [0.2, 0.25) is 0 Å². The van der Waals surface area contributed by atoms with Gasteiger partial charge in [0.25, 0.3) is 0 Å². The van der Waals surface area contributed by atoms with Gasteiger partial charge < -0.3 is 10.4 Å². The third kappa shape index (κ3) is 3.03. The Hall–Kier alpha value is -1.52. The largest absolute Gasteiger partial charge is 0.477 e. The van der Waals surface area contributed by atoms with Crippen molar-refractivity contribution in [3.63, 3.8) is 0 Å². The van der Waals surface area contributed by atoms with Gasteiger partial charge in [-0.25, -0.2) is 4.79 Å². The van der Waals surface area contributed by atoms with Gasteiger partial charge in [-0.2, -0.15) is 0 Å². The van der Waals surface area contributed by atoms with Crippen LogP contribution in [0, 0.1) is 6.92 Å². The molecule has 1 aromatic heterocycles. The smallest absolute Gasteiger partial charge is 0.345 e. The second-order valence-electron chi connectivity index (χ2n) is 3.91. The van der Waals surface area contributed by atoms with E-state index in [4.69, 9.17) is 16.7 Å². The number of hydrogen-bond donors (Lipinski definition) is 2. The molecule has 0 radical (unpaired) electrons. The Kier molecular flexibility index (Phi) is 3.89. The summed E-state index contributed by atoms with van der Waals surface area (Å²) in [6.45, 7) is 2.57. The normalized spacial score (nSPS) is 10.3. The number of benzene rings is 1. The van der Waals surface area contributed by atoms with Gasteiger partial charge in [-0.15, -0.1) is 11.3 Å². The van der Waals surface area contributed by atoms with E-state index in [0.717, 1.165) is 16.1 Å². The SMILES string of the molecule is Cc1ccc(Cl)c(NCc2ccc(C(=O)O)s2)c1. The molecule has 0 atom stereocenters. The van der Waals surface area contributed by atoms with Crippen molar-refractivity contribution >= 4 is 34.6 Å². The first-order valence-corrected chi connectivity index (χ1v) is 6.58. The van der Waals surface area contributed by atoms with Gasteiger partial charge >= 0.3 is 5.97 Å². The molecule has 0 aliphatic heterocycles. The van der Waals surface area contributed by atoms with E-state index in [1.165, 1.54) is 11.3 Å². The monoisotopic (exact) mass is 281 g/mol. The number of halogens is 1. The fraction of sp³-hybridized carbons (Fsp3) is 0.154. The Morgan fingerprint density at radius 3 is 2.83 bits per heavy atom. The first kappa shape index (κ1) is 12.9. The number of rotatable bonds is 4. The molecule has 0 unspecified atom stereocenters. The number of carboxylic acids is 1. The average Bonchev–Trinajstić information content (AvgIpc) is 2.79. The molecule has 0 spiro atoms. The van der Waals surface area contributed by atoms with E-state index in [-0.39, 0.29) is 0 Å². The molecule has 0 saturated heterocycles. The predicted molar refractivity (Wildman–Crippen MR) is 74.8 cm³/mol. The van der Waals surface area contributed by atoms with Crippen LogP contribution in [0.2, 0.25) is 5.02 Å². The highest BCUT2D eigenvalue weighted by atomic mass is 35.5. The van der Waals surface area contributed by atoms with E-state index in [2.05, 4.69) is 5.32 Å². The molecule has 1 heterocycles. The number of carbonyl (C=O) groups is 1. The molecule has 5 heteroatoms. The Morgan fingerprint density at radius 1 is 1.39 bits per heavy atom. The van der Waals surface area contributed by atoms with Crippen molar-refractivity contribution in [1.29, 1.82) is 0 Å². The molecule has 2 rings (SSSR count). The number of aromatic carboxylic acids is 1. The van der Waals surface area contributed by atoms with Crippen LogP contribution in [0.5, 0.6) is 0 Å². The zero-order valence-corrected chi connectivity index (χ0v) is 11.3. The third-order valence-electron chi connectivity index (χ3n) is 2.45. The quantitative estimate of drug-likeness (QED) is 0.890. The zero-order valence-electron chi connectivity index (χ0n) is 9.74. The van der Waals surface area contributed by atoms with Crippen LogP contribution in [0.4, 0.5) is 5.69 Å². The summed E-state index contributed by atoms with van der Waals surface area (Å²) >= 11 is 7.33.